The number of fused-ring (bicyclic) bond motifs is 1. The number of nitrogens with one attached hydrogen (secondary N) is 2. The molecule has 0 saturated carbocycles. The first-order valence-corrected chi connectivity index (χ1v) is 12.5. The molecule has 1 amide bonds. The predicted molar refractivity (Wildman–Crippen MR) is 138 cm³/mol. The molecule has 4 aromatic rings. The summed E-state index contributed by atoms with van der Waals surface area (Å²) in [6.45, 7) is 4.19. The van der Waals surface area contributed by atoms with E-state index in [9.17, 15) is 13.2 Å². The highest BCUT2D eigenvalue weighted by molar-refractivity contribution is 7.92. The Kier molecular flexibility index (Phi) is 7.12. The molecule has 0 unspecified atom stereocenters. The Hall–Kier alpha value is -4.17. The summed E-state index contributed by atoms with van der Waals surface area (Å²) in [5.41, 5.74) is 4.87. The summed E-state index contributed by atoms with van der Waals surface area (Å²) in [6.07, 6.45) is 0. The SMILES string of the molecule is CCOc1ccc(S(=O)(=O)Nc2ccc(C(=O)N/N=C(\C)c3cccc4ccccc34)cc2)cc1. The molecule has 7 nitrogen and oxygen atoms in total. The van der Waals surface area contributed by atoms with Crippen molar-refractivity contribution in [3.8, 4) is 5.75 Å². The van der Waals surface area contributed by atoms with Crippen molar-refractivity contribution in [1.29, 1.82) is 0 Å². The quantitative estimate of drug-likeness (QED) is 0.264. The number of hydrazone groups is 1. The molecular weight excluding hydrogens is 462 g/mol. The molecule has 178 valence electrons. The smallest absolute Gasteiger partial charge is 0.271 e. The lowest BCUT2D eigenvalue weighted by Gasteiger charge is -2.10. The molecule has 0 aromatic heterocycles. The first-order chi connectivity index (χ1) is 16.9. The number of carbonyl (C=O) groups is 1. The third-order valence-corrected chi connectivity index (χ3v) is 6.75. The van der Waals surface area contributed by atoms with Gasteiger partial charge >= 0.3 is 0 Å². The van der Waals surface area contributed by atoms with Crippen LogP contribution in [0, 0.1) is 0 Å². The van der Waals surface area contributed by atoms with E-state index >= 15 is 0 Å². The molecule has 0 fully saturated rings. The van der Waals surface area contributed by atoms with E-state index in [0.29, 0.717) is 29.3 Å². The monoisotopic (exact) mass is 487 g/mol. The summed E-state index contributed by atoms with van der Waals surface area (Å²) in [4.78, 5) is 12.7. The lowest BCUT2D eigenvalue weighted by molar-refractivity contribution is 0.0955. The van der Waals surface area contributed by atoms with Gasteiger partial charge in [-0.25, -0.2) is 13.8 Å². The lowest BCUT2D eigenvalue weighted by Crippen LogP contribution is -2.19. The van der Waals surface area contributed by atoms with Crippen molar-refractivity contribution in [3.63, 3.8) is 0 Å². The summed E-state index contributed by atoms with van der Waals surface area (Å²) < 4.78 is 33.1. The molecule has 2 N–H and O–H groups in total. The van der Waals surface area contributed by atoms with Crippen molar-refractivity contribution in [3.05, 3.63) is 102 Å². The Bertz CT molecular complexity index is 1470. The average Bonchev–Trinajstić information content (AvgIpc) is 2.87. The molecule has 0 bridgehead atoms. The normalized spacial score (nSPS) is 11.8. The minimum Gasteiger partial charge on any atom is -0.494 e. The molecule has 0 atom stereocenters. The van der Waals surface area contributed by atoms with E-state index in [0.717, 1.165) is 16.3 Å². The van der Waals surface area contributed by atoms with Gasteiger partial charge in [0.05, 0.1) is 17.2 Å². The molecule has 0 heterocycles. The standard InChI is InChI=1S/C27H25N3O4S/c1-3-34-23-15-17-24(18-16-23)35(32,33)30-22-13-11-21(12-14-22)27(31)29-28-19(2)25-10-6-8-20-7-4-5-9-26(20)25/h4-18,30H,3H2,1-2H3,(H,29,31)/b28-19+. The van der Waals surface area contributed by atoms with E-state index in [-0.39, 0.29) is 4.90 Å². The fourth-order valence-corrected chi connectivity index (χ4v) is 4.64. The van der Waals surface area contributed by atoms with Gasteiger partial charge in [0, 0.05) is 16.8 Å². The van der Waals surface area contributed by atoms with Gasteiger partial charge < -0.3 is 4.74 Å². The van der Waals surface area contributed by atoms with Crippen LogP contribution in [0.1, 0.15) is 29.8 Å². The molecule has 0 radical (unpaired) electrons. The van der Waals surface area contributed by atoms with Crippen molar-refractivity contribution < 1.29 is 17.9 Å². The van der Waals surface area contributed by atoms with Crippen molar-refractivity contribution in [2.45, 2.75) is 18.7 Å². The highest BCUT2D eigenvalue weighted by Crippen LogP contribution is 2.21. The second kappa shape index (κ2) is 10.4. The van der Waals surface area contributed by atoms with E-state index in [2.05, 4.69) is 15.2 Å². The Morgan fingerprint density at radius 2 is 1.57 bits per heavy atom. The Morgan fingerprint density at radius 1 is 0.886 bits per heavy atom. The molecular formula is C27H25N3O4S. The first kappa shape index (κ1) is 24.0. The number of anilines is 1. The summed E-state index contributed by atoms with van der Waals surface area (Å²) in [5.74, 6) is 0.200. The van der Waals surface area contributed by atoms with Crippen LogP contribution in [0.3, 0.4) is 0 Å². The fourth-order valence-electron chi connectivity index (χ4n) is 3.59. The number of rotatable bonds is 8. The molecule has 35 heavy (non-hydrogen) atoms. The van der Waals surface area contributed by atoms with E-state index in [4.69, 9.17) is 4.74 Å². The van der Waals surface area contributed by atoms with Crippen molar-refractivity contribution in [2.24, 2.45) is 5.10 Å². The van der Waals surface area contributed by atoms with Crippen LogP contribution in [-0.2, 0) is 10.0 Å². The molecule has 0 spiro atoms. The van der Waals surface area contributed by atoms with Gasteiger partial charge in [-0.3, -0.25) is 9.52 Å². The number of nitrogens with zero attached hydrogens (tertiary/aromatic N) is 1. The largest absolute Gasteiger partial charge is 0.494 e. The minimum atomic E-state index is -3.78. The van der Waals surface area contributed by atoms with Crippen LogP contribution >= 0.6 is 0 Å². The van der Waals surface area contributed by atoms with Crippen molar-refractivity contribution >= 4 is 38.1 Å². The lowest BCUT2D eigenvalue weighted by atomic mass is 10.0. The van der Waals surface area contributed by atoms with E-state index in [1.165, 1.54) is 36.4 Å². The maximum absolute atomic E-state index is 12.6. The summed E-state index contributed by atoms with van der Waals surface area (Å²) in [6, 6.07) is 26.2. The fraction of sp³-hybridized carbons (Fsp3) is 0.111. The predicted octanol–water partition coefficient (Wildman–Crippen LogP) is 5.19. The van der Waals surface area contributed by atoms with Gasteiger partial charge in [-0.05, 0) is 73.2 Å². The highest BCUT2D eigenvalue weighted by Gasteiger charge is 2.15. The molecule has 0 aliphatic carbocycles. The van der Waals surface area contributed by atoms with E-state index in [1.807, 2.05) is 56.3 Å². The topological polar surface area (TPSA) is 96.9 Å². The number of hydrogen-bond donors (Lipinski definition) is 2. The third kappa shape index (κ3) is 5.67. The minimum absolute atomic E-state index is 0.112. The van der Waals surface area contributed by atoms with Gasteiger partial charge in [0.1, 0.15) is 5.75 Å². The van der Waals surface area contributed by atoms with E-state index in [1.54, 1.807) is 12.1 Å². The molecule has 0 saturated heterocycles. The Balaban J connectivity index is 1.43. The third-order valence-electron chi connectivity index (χ3n) is 5.35. The zero-order valence-electron chi connectivity index (χ0n) is 19.4. The number of hydrogen-bond acceptors (Lipinski definition) is 5. The second-order valence-electron chi connectivity index (χ2n) is 7.75. The van der Waals surface area contributed by atoms with Crippen LogP contribution in [-0.4, -0.2) is 26.6 Å². The zero-order valence-corrected chi connectivity index (χ0v) is 20.2. The number of ether oxygens (including phenoxy) is 1. The molecule has 4 rings (SSSR count). The maximum atomic E-state index is 12.6. The number of carbonyl (C=O) groups excluding carboxylic acids is 1. The average molecular weight is 488 g/mol. The number of sulfonamides is 1. The number of amides is 1. The van der Waals surface area contributed by atoms with Crippen LogP contribution in [0.4, 0.5) is 5.69 Å². The first-order valence-electron chi connectivity index (χ1n) is 11.1. The molecule has 0 aliphatic rings. The van der Waals surface area contributed by atoms with Crippen LogP contribution in [0.5, 0.6) is 5.75 Å². The van der Waals surface area contributed by atoms with Crippen LogP contribution in [0.25, 0.3) is 10.8 Å². The van der Waals surface area contributed by atoms with Gasteiger partial charge in [-0.1, -0.05) is 42.5 Å². The molecule has 8 heteroatoms. The number of benzene rings is 4. The van der Waals surface area contributed by atoms with Crippen molar-refractivity contribution in [1.82, 2.24) is 5.43 Å². The Labute approximate surface area is 204 Å². The maximum Gasteiger partial charge on any atom is 0.271 e. The molecule has 0 aliphatic heterocycles. The second-order valence-corrected chi connectivity index (χ2v) is 9.43. The van der Waals surface area contributed by atoms with Gasteiger partial charge in [-0.15, -0.1) is 0 Å². The van der Waals surface area contributed by atoms with Gasteiger partial charge in [0.25, 0.3) is 15.9 Å². The zero-order chi connectivity index (χ0) is 24.8. The van der Waals surface area contributed by atoms with Crippen LogP contribution in [0.15, 0.2) is 101 Å². The summed E-state index contributed by atoms with van der Waals surface area (Å²) in [7, 11) is -3.78. The molecule has 4 aromatic carbocycles. The summed E-state index contributed by atoms with van der Waals surface area (Å²) in [5, 5.41) is 6.40. The van der Waals surface area contributed by atoms with Gasteiger partial charge in [0.2, 0.25) is 0 Å². The van der Waals surface area contributed by atoms with Crippen molar-refractivity contribution in [2.75, 3.05) is 11.3 Å². The van der Waals surface area contributed by atoms with Crippen LogP contribution < -0.4 is 14.9 Å². The highest BCUT2D eigenvalue weighted by atomic mass is 32.2. The summed E-state index contributed by atoms with van der Waals surface area (Å²) >= 11 is 0. The van der Waals surface area contributed by atoms with Gasteiger partial charge in [-0.2, -0.15) is 5.10 Å². The van der Waals surface area contributed by atoms with E-state index < -0.39 is 15.9 Å². The van der Waals surface area contributed by atoms with Crippen LogP contribution in [0.2, 0.25) is 0 Å². The van der Waals surface area contributed by atoms with Gasteiger partial charge in [0.15, 0.2) is 0 Å². The Morgan fingerprint density at radius 3 is 2.29 bits per heavy atom.